The van der Waals surface area contributed by atoms with Crippen molar-refractivity contribution in [1.29, 1.82) is 0 Å². The van der Waals surface area contributed by atoms with Gasteiger partial charge in [0.1, 0.15) is 5.75 Å². The third-order valence-electron chi connectivity index (χ3n) is 3.18. The van der Waals surface area contributed by atoms with Gasteiger partial charge in [-0.25, -0.2) is 0 Å². The minimum Gasteiger partial charge on any atom is -0.495 e. The Bertz CT molecular complexity index is 428. The van der Waals surface area contributed by atoms with Gasteiger partial charge < -0.3 is 14.2 Å². The molecule has 0 amide bonds. The molecular weight excluding hydrogens is 240 g/mol. The van der Waals surface area contributed by atoms with Crippen molar-refractivity contribution in [3.05, 3.63) is 42.2 Å². The summed E-state index contributed by atoms with van der Waals surface area (Å²) in [4.78, 5) is 0. The molecule has 0 heterocycles. The topological polar surface area (TPSA) is 27.7 Å². The van der Waals surface area contributed by atoms with Crippen molar-refractivity contribution in [3.63, 3.8) is 0 Å². The van der Waals surface area contributed by atoms with Crippen LogP contribution in [0.1, 0.15) is 33.3 Å². The van der Waals surface area contributed by atoms with E-state index in [-0.39, 0.29) is 5.41 Å². The molecule has 0 aliphatic carbocycles. The van der Waals surface area contributed by atoms with Crippen molar-refractivity contribution in [1.82, 2.24) is 0 Å². The van der Waals surface area contributed by atoms with Gasteiger partial charge in [0.15, 0.2) is 5.76 Å². The molecule has 3 nitrogen and oxygen atoms in total. The van der Waals surface area contributed by atoms with Crippen molar-refractivity contribution in [2.75, 3.05) is 14.2 Å². The van der Waals surface area contributed by atoms with E-state index in [2.05, 4.69) is 39.5 Å². The zero-order valence-corrected chi connectivity index (χ0v) is 12.7. The minimum atomic E-state index is -0.988. The van der Waals surface area contributed by atoms with E-state index in [1.54, 1.807) is 21.1 Å². The molecule has 0 spiro atoms. The van der Waals surface area contributed by atoms with Gasteiger partial charge in [0.05, 0.1) is 7.11 Å². The maximum Gasteiger partial charge on any atom is 0.265 e. The van der Waals surface area contributed by atoms with E-state index < -0.39 is 5.79 Å². The van der Waals surface area contributed by atoms with E-state index >= 15 is 0 Å². The Labute approximate surface area is 116 Å². The van der Waals surface area contributed by atoms with Gasteiger partial charge in [0, 0.05) is 14.0 Å². The molecule has 0 aromatic heterocycles. The first kappa shape index (κ1) is 15.6. The Hall–Kier alpha value is -1.48. The number of ether oxygens (including phenoxy) is 3. The van der Waals surface area contributed by atoms with E-state index in [0.29, 0.717) is 5.76 Å². The van der Waals surface area contributed by atoms with Gasteiger partial charge in [0.25, 0.3) is 5.79 Å². The van der Waals surface area contributed by atoms with Crippen LogP contribution in [0.15, 0.2) is 36.6 Å². The van der Waals surface area contributed by atoms with Gasteiger partial charge >= 0.3 is 0 Å². The van der Waals surface area contributed by atoms with Crippen molar-refractivity contribution in [2.24, 2.45) is 0 Å². The average Bonchev–Trinajstić information content (AvgIpc) is 2.37. The Kier molecular flexibility index (Phi) is 4.64. The van der Waals surface area contributed by atoms with Crippen LogP contribution in [0.5, 0.6) is 5.75 Å². The number of rotatable bonds is 5. The Balaban J connectivity index is 2.91. The second-order valence-electron chi connectivity index (χ2n) is 5.65. The number of hydrogen-bond acceptors (Lipinski definition) is 3. The molecule has 3 heteroatoms. The first-order chi connectivity index (χ1) is 8.73. The van der Waals surface area contributed by atoms with Crippen LogP contribution >= 0.6 is 0 Å². The lowest BCUT2D eigenvalue weighted by Gasteiger charge is -2.30. The quantitative estimate of drug-likeness (QED) is 0.596. The second-order valence-corrected chi connectivity index (χ2v) is 5.65. The van der Waals surface area contributed by atoms with Crippen LogP contribution in [0.25, 0.3) is 0 Å². The highest BCUT2D eigenvalue weighted by atomic mass is 16.7. The number of benzene rings is 1. The first-order valence-corrected chi connectivity index (χ1v) is 6.31. The summed E-state index contributed by atoms with van der Waals surface area (Å²) in [5.41, 5.74) is 1.38. The van der Waals surface area contributed by atoms with E-state index in [1.165, 1.54) is 5.56 Å². The van der Waals surface area contributed by atoms with E-state index in [1.807, 2.05) is 12.1 Å². The van der Waals surface area contributed by atoms with Gasteiger partial charge in [-0.3, -0.25) is 0 Å². The predicted octanol–water partition coefficient (Wildman–Crippen LogP) is 3.89. The summed E-state index contributed by atoms with van der Waals surface area (Å²) in [5.74, 6) is 0.156. The van der Waals surface area contributed by atoms with Crippen molar-refractivity contribution in [3.8, 4) is 5.75 Å². The molecule has 0 radical (unpaired) electrons. The minimum absolute atomic E-state index is 0.124. The molecule has 0 aliphatic rings. The molecule has 106 valence electrons. The SMILES string of the molecule is C=C(OC)C(C)(OC)Oc1ccc(C(C)(C)C)cc1. The molecule has 0 aliphatic heterocycles. The molecule has 19 heavy (non-hydrogen) atoms. The largest absolute Gasteiger partial charge is 0.495 e. The summed E-state index contributed by atoms with van der Waals surface area (Å²) in [5, 5.41) is 0. The monoisotopic (exact) mass is 264 g/mol. The lowest BCUT2D eigenvalue weighted by atomic mass is 9.87. The molecule has 0 saturated heterocycles. The molecule has 1 rings (SSSR count). The fourth-order valence-electron chi connectivity index (χ4n) is 1.65. The maximum absolute atomic E-state index is 5.82. The van der Waals surface area contributed by atoms with Crippen molar-refractivity contribution in [2.45, 2.75) is 38.9 Å². The normalized spacial score (nSPS) is 14.6. The first-order valence-electron chi connectivity index (χ1n) is 6.31. The second kappa shape index (κ2) is 5.66. The van der Waals surface area contributed by atoms with Gasteiger partial charge in [-0.15, -0.1) is 0 Å². The molecular formula is C16H24O3. The summed E-state index contributed by atoms with van der Waals surface area (Å²) >= 11 is 0. The van der Waals surface area contributed by atoms with Gasteiger partial charge in [-0.1, -0.05) is 39.5 Å². The molecule has 0 bridgehead atoms. The molecule has 1 aromatic carbocycles. The number of methoxy groups -OCH3 is 2. The van der Waals surface area contributed by atoms with Crippen LogP contribution in [-0.4, -0.2) is 20.0 Å². The lowest BCUT2D eigenvalue weighted by molar-refractivity contribution is -0.145. The lowest BCUT2D eigenvalue weighted by Crippen LogP contribution is -2.37. The van der Waals surface area contributed by atoms with Gasteiger partial charge in [-0.2, -0.15) is 0 Å². The highest BCUT2D eigenvalue weighted by Crippen LogP contribution is 2.28. The smallest absolute Gasteiger partial charge is 0.265 e. The zero-order valence-electron chi connectivity index (χ0n) is 12.7. The fraction of sp³-hybridized carbons (Fsp3) is 0.500. The standard InChI is InChI=1S/C16H24O3/c1-12(17-6)16(5,18-7)19-14-10-8-13(9-11-14)15(2,3)4/h8-11H,1H2,2-7H3. The van der Waals surface area contributed by atoms with Crippen LogP contribution < -0.4 is 4.74 Å². The van der Waals surface area contributed by atoms with Crippen molar-refractivity contribution < 1.29 is 14.2 Å². The van der Waals surface area contributed by atoms with Gasteiger partial charge in [-0.05, 0) is 23.1 Å². The third-order valence-corrected chi connectivity index (χ3v) is 3.18. The molecule has 0 fully saturated rings. The summed E-state index contributed by atoms with van der Waals surface area (Å²) in [6.45, 7) is 12.1. The van der Waals surface area contributed by atoms with Crippen LogP contribution in [0.4, 0.5) is 0 Å². The predicted molar refractivity (Wildman–Crippen MR) is 77.3 cm³/mol. The average molecular weight is 264 g/mol. The molecule has 0 saturated carbocycles. The summed E-state index contributed by atoms with van der Waals surface area (Å²) in [6.07, 6.45) is 0. The summed E-state index contributed by atoms with van der Waals surface area (Å²) in [6, 6.07) is 7.98. The maximum atomic E-state index is 5.82. The summed E-state index contributed by atoms with van der Waals surface area (Å²) in [7, 11) is 3.11. The zero-order chi connectivity index (χ0) is 14.7. The number of hydrogen-bond donors (Lipinski definition) is 0. The molecule has 1 unspecified atom stereocenters. The molecule has 1 atom stereocenters. The third kappa shape index (κ3) is 3.74. The molecule has 0 N–H and O–H groups in total. The van der Waals surface area contributed by atoms with E-state index in [0.717, 1.165) is 5.75 Å². The van der Waals surface area contributed by atoms with Crippen LogP contribution in [0.2, 0.25) is 0 Å². The summed E-state index contributed by atoms with van der Waals surface area (Å²) < 4.78 is 16.3. The van der Waals surface area contributed by atoms with Crippen molar-refractivity contribution >= 4 is 0 Å². The fourth-order valence-corrected chi connectivity index (χ4v) is 1.65. The Morgan fingerprint density at radius 3 is 1.89 bits per heavy atom. The Morgan fingerprint density at radius 1 is 1.00 bits per heavy atom. The van der Waals surface area contributed by atoms with Gasteiger partial charge in [0.2, 0.25) is 0 Å². The highest BCUT2D eigenvalue weighted by Gasteiger charge is 2.31. The Morgan fingerprint density at radius 2 is 1.53 bits per heavy atom. The van der Waals surface area contributed by atoms with Crippen LogP contribution in [-0.2, 0) is 14.9 Å². The van der Waals surface area contributed by atoms with E-state index in [4.69, 9.17) is 14.2 Å². The van der Waals surface area contributed by atoms with Crippen LogP contribution in [0, 0.1) is 0 Å². The van der Waals surface area contributed by atoms with Crippen LogP contribution in [0.3, 0.4) is 0 Å². The van der Waals surface area contributed by atoms with E-state index in [9.17, 15) is 0 Å². The molecule has 1 aromatic rings. The highest BCUT2D eigenvalue weighted by molar-refractivity contribution is 5.31.